The molecule has 0 saturated heterocycles. The van der Waals surface area contributed by atoms with Gasteiger partial charge in [-0.05, 0) is 121 Å². The first-order valence-corrected chi connectivity index (χ1v) is 19.5. The molecule has 3 nitrogen and oxygen atoms in total. The lowest BCUT2D eigenvalue weighted by atomic mass is 9.61. The van der Waals surface area contributed by atoms with Crippen molar-refractivity contribution in [3.05, 3.63) is 193 Å². The van der Waals surface area contributed by atoms with E-state index < -0.39 is 0 Å². The van der Waals surface area contributed by atoms with Crippen LogP contribution in [0.4, 0.5) is 45.5 Å². The van der Waals surface area contributed by atoms with Gasteiger partial charge in [-0.3, -0.25) is 0 Å². The standard InChI is InChI=1S/C50H44ClN3/c1-49-32-18-19-33-50(49,2)54(43-28-16-7-17-29-43)45-31-30-37(34-44(45)49)38-35-46(52(39-20-8-3-9-21-39)40-22-10-4-11-23-40)48(51)47(36-38)53(41-24-12-5-13-25-41)42-26-14-6-15-27-42/h3-17,20-31,34-36H,18-19,32-33H2,1-2H3. The van der Waals surface area contributed by atoms with Gasteiger partial charge in [0.1, 0.15) is 0 Å². The molecule has 4 heteroatoms. The van der Waals surface area contributed by atoms with Crippen LogP contribution < -0.4 is 14.7 Å². The summed E-state index contributed by atoms with van der Waals surface area (Å²) in [7, 11) is 0. The van der Waals surface area contributed by atoms with Gasteiger partial charge in [0, 0.05) is 39.5 Å². The summed E-state index contributed by atoms with van der Waals surface area (Å²) in [6, 6.07) is 64.9. The van der Waals surface area contributed by atoms with E-state index in [4.69, 9.17) is 11.6 Å². The summed E-state index contributed by atoms with van der Waals surface area (Å²) < 4.78 is 0. The van der Waals surface area contributed by atoms with E-state index in [-0.39, 0.29) is 11.0 Å². The van der Waals surface area contributed by atoms with Crippen molar-refractivity contribution in [1.82, 2.24) is 0 Å². The van der Waals surface area contributed by atoms with E-state index >= 15 is 0 Å². The molecule has 0 N–H and O–H groups in total. The molecule has 7 aromatic carbocycles. The second-order valence-corrected chi connectivity index (χ2v) is 15.4. The summed E-state index contributed by atoms with van der Waals surface area (Å²) in [5, 5.41) is 0.669. The Labute approximate surface area is 324 Å². The minimum atomic E-state index is -0.0291. The van der Waals surface area contributed by atoms with Gasteiger partial charge in [0.15, 0.2) is 0 Å². The van der Waals surface area contributed by atoms with Gasteiger partial charge in [0.25, 0.3) is 0 Å². The largest absolute Gasteiger partial charge is 0.334 e. The monoisotopic (exact) mass is 721 g/mol. The summed E-state index contributed by atoms with van der Waals surface area (Å²) in [5.41, 5.74) is 12.2. The van der Waals surface area contributed by atoms with E-state index in [9.17, 15) is 0 Å². The third-order valence-corrected chi connectivity index (χ3v) is 12.4. The van der Waals surface area contributed by atoms with Crippen molar-refractivity contribution in [2.75, 3.05) is 14.7 Å². The zero-order chi connectivity index (χ0) is 36.7. The lowest BCUT2D eigenvalue weighted by molar-refractivity contribution is 0.195. The molecule has 0 bridgehead atoms. The smallest absolute Gasteiger partial charge is 0.0887 e. The van der Waals surface area contributed by atoms with E-state index in [0.717, 1.165) is 52.5 Å². The number of benzene rings is 7. The fraction of sp³-hybridized carbons (Fsp3) is 0.160. The van der Waals surface area contributed by atoms with Gasteiger partial charge in [0.05, 0.1) is 21.9 Å². The molecule has 266 valence electrons. The van der Waals surface area contributed by atoms with Crippen LogP contribution in [0, 0.1) is 0 Å². The van der Waals surface area contributed by atoms with Gasteiger partial charge in [-0.2, -0.15) is 0 Å². The average molecular weight is 722 g/mol. The lowest BCUT2D eigenvalue weighted by Crippen LogP contribution is -2.54. The minimum Gasteiger partial charge on any atom is -0.334 e. The van der Waals surface area contributed by atoms with Crippen LogP contribution in [-0.2, 0) is 5.41 Å². The predicted octanol–water partition coefficient (Wildman–Crippen LogP) is 14.7. The van der Waals surface area contributed by atoms with Crippen LogP contribution in [0.5, 0.6) is 0 Å². The van der Waals surface area contributed by atoms with Gasteiger partial charge in [-0.25, -0.2) is 0 Å². The van der Waals surface area contributed by atoms with Crippen molar-refractivity contribution in [3.8, 4) is 11.1 Å². The van der Waals surface area contributed by atoms with E-state index in [2.05, 4.69) is 211 Å². The van der Waals surface area contributed by atoms with Crippen LogP contribution in [0.15, 0.2) is 182 Å². The summed E-state index contributed by atoms with van der Waals surface area (Å²) in [6.45, 7) is 5.00. The molecule has 54 heavy (non-hydrogen) atoms. The fourth-order valence-electron chi connectivity index (χ4n) is 9.14. The summed E-state index contributed by atoms with van der Waals surface area (Å²) >= 11 is 7.78. The van der Waals surface area contributed by atoms with Gasteiger partial charge >= 0.3 is 0 Å². The van der Waals surface area contributed by atoms with E-state index in [1.165, 1.54) is 35.3 Å². The topological polar surface area (TPSA) is 9.72 Å². The molecule has 9 rings (SSSR count). The first kappa shape index (κ1) is 34.0. The molecule has 2 unspecified atom stereocenters. The molecular formula is C50H44ClN3. The normalized spacial score (nSPS) is 18.8. The van der Waals surface area contributed by atoms with Crippen LogP contribution in [0.3, 0.4) is 0 Å². The van der Waals surface area contributed by atoms with Gasteiger partial charge in [0.2, 0.25) is 0 Å². The summed E-state index contributed by atoms with van der Waals surface area (Å²) in [6.07, 6.45) is 4.79. The number of para-hydroxylation sites is 5. The molecule has 0 radical (unpaired) electrons. The maximum atomic E-state index is 7.78. The Morgan fingerprint density at radius 1 is 0.481 bits per heavy atom. The number of halogens is 1. The average Bonchev–Trinajstić information content (AvgIpc) is 3.44. The van der Waals surface area contributed by atoms with E-state index in [0.29, 0.717) is 5.02 Å². The number of hydrogen-bond acceptors (Lipinski definition) is 3. The highest BCUT2D eigenvalue weighted by molar-refractivity contribution is 6.37. The van der Waals surface area contributed by atoms with Crippen molar-refractivity contribution in [2.24, 2.45) is 0 Å². The number of nitrogens with zero attached hydrogens (tertiary/aromatic N) is 3. The highest BCUT2D eigenvalue weighted by Crippen LogP contribution is 2.61. The second kappa shape index (κ2) is 13.9. The predicted molar refractivity (Wildman–Crippen MR) is 229 cm³/mol. The lowest BCUT2D eigenvalue weighted by Gasteiger charge is -2.50. The van der Waals surface area contributed by atoms with Crippen molar-refractivity contribution in [3.63, 3.8) is 0 Å². The van der Waals surface area contributed by atoms with Gasteiger partial charge < -0.3 is 14.7 Å². The molecule has 1 aliphatic carbocycles. The molecule has 0 spiro atoms. The maximum absolute atomic E-state index is 7.78. The Morgan fingerprint density at radius 2 is 0.907 bits per heavy atom. The first-order valence-electron chi connectivity index (χ1n) is 19.1. The van der Waals surface area contributed by atoms with E-state index in [1.54, 1.807) is 0 Å². The molecule has 2 aliphatic rings. The Balaban J connectivity index is 1.30. The van der Waals surface area contributed by atoms with Crippen molar-refractivity contribution in [2.45, 2.75) is 50.5 Å². The fourth-order valence-corrected chi connectivity index (χ4v) is 9.42. The maximum Gasteiger partial charge on any atom is 0.0887 e. The highest BCUT2D eigenvalue weighted by atomic mass is 35.5. The van der Waals surface area contributed by atoms with Gasteiger partial charge in [-0.15, -0.1) is 0 Å². The number of hydrogen-bond donors (Lipinski definition) is 0. The molecular weight excluding hydrogens is 678 g/mol. The molecule has 0 aromatic heterocycles. The highest BCUT2D eigenvalue weighted by Gasteiger charge is 2.57. The SMILES string of the molecule is CC12CCCCC1(C)N(c1ccccc1)c1ccc(-c3cc(N(c4ccccc4)c4ccccc4)c(Cl)c(N(c4ccccc4)c4ccccc4)c3)cc12. The Hall–Kier alpha value is -5.77. The van der Waals surface area contributed by atoms with E-state index in [1.807, 2.05) is 0 Å². The molecule has 1 aliphatic heterocycles. The Bertz CT molecular complexity index is 2200. The molecule has 2 atom stereocenters. The Kier molecular flexibility index (Phi) is 8.76. The van der Waals surface area contributed by atoms with Crippen molar-refractivity contribution >= 4 is 57.1 Å². The van der Waals surface area contributed by atoms with Crippen LogP contribution in [0.2, 0.25) is 5.02 Å². The van der Waals surface area contributed by atoms with Crippen molar-refractivity contribution < 1.29 is 0 Å². The third kappa shape index (κ3) is 5.66. The van der Waals surface area contributed by atoms with Crippen LogP contribution in [0.25, 0.3) is 11.1 Å². The third-order valence-electron chi connectivity index (χ3n) is 12.0. The molecule has 1 saturated carbocycles. The number of fused-ring (bicyclic) bond motifs is 3. The van der Waals surface area contributed by atoms with Gasteiger partial charge in [-0.1, -0.05) is 128 Å². The quantitative estimate of drug-likeness (QED) is 0.155. The number of rotatable bonds is 8. The van der Waals surface area contributed by atoms with Crippen LogP contribution in [-0.4, -0.2) is 5.54 Å². The zero-order valence-corrected chi connectivity index (χ0v) is 31.6. The first-order chi connectivity index (χ1) is 26.5. The summed E-state index contributed by atoms with van der Waals surface area (Å²) in [4.78, 5) is 7.21. The van der Waals surface area contributed by atoms with Crippen LogP contribution in [0.1, 0.15) is 45.1 Å². The molecule has 1 fully saturated rings. The van der Waals surface area contributed by atoms with Crippen LogP contribution >= 0.6 is 11.6 Å². The van der Waals surface area contributed by atoms with Crippen molar-refractivity contribution in [1.29, 1.82) is 0 Å². The minimum absolute atomic E-state index is 0.00918. The molecule has 7 aromatic rings. The Morgan fingerprint density at radius 3 is 1.37 bits per heavy atom. The number of anilines is 8. The summed E-state index contributed by atoms with van der Waals surface area (Å²) in [5.74, 6) is 0. The molecule has 1 heterocycles. The zero-order valence-electron chi connectivity index (χ0n) is 30.9. The second-order valence-electron chi connectivity index (χ2n) is 15.1. The molecule has 0 amide bonds.